The van der Waals surface area contributed by atoms with Crippen molar-refractivity contribution in [1.29, 1.82) is 0 Å². The second-order valence-corrected chi connectivity index (χ2v) is 6.45. The van der Waals surface area contributed by atoms with Crippen LogP contribution in [0.3, 0.4) is 0 Å². The molecule has 0 fully saturated rings. The van der Waals surface area contributed by atoms with Crippen LogP contribution in [0.15, 0.2) is 67.1 Å². The van der Waals surface area contributed by atoms with Crippen LogP contribution in [0.4, 0.5) is 0 Å². The zero-order valence-electron chi connectivity index (χ0n) is 15.9. The SMILES string of the molecule is COC(=O)[C@H](C)CN(Cc1ccccc1)C(=O)c1ccc(-n2cccn2)nc1. The van der Waals surface area contributed by atoms with Crippen LogP contribution in [0.2, 0.25) is 0 Å². The molecule has 2 aromatic heterocycles. The van der Waals surface area contributed by atoms with Gasteiger partial charge in [-0.05, 0) is 23.8 Å². The predicted octanol–water partition coefficient (Wildman–Crippen LogP) is 2.72. The Kier molecular flexibility index (Phi) is 6.16. The lowest BCUT2D eigenvalue weighted by molar-refractivity contribution is -0.145. The van der Waals surface area contributed by atoms with Gasteiger partial charge in [0.2, 0.25) is 0 Å². The summed E-state index contributed by atoms with van der Waals surface area (Å²) >= 11 is 0. The molecule has 1 amide bonds. The first kappa shape index (κ1) is 19.3. The van der Waals surface area contributed by atoms with Crippen molar-refractivity contribution < 1.29 is 14.3 Å². The first-order valence-electron chi connectivity index (χ1n) is 8.95. The van der Waals surface area contributed by atoms with Gasteiger partial charge in [-0.25, -0.2) is 9.67 Å². The fourth-order valence-electron chi connectivity index (χ4n) is 2.86. The van der Waals surface area contributed by atoms with E-state index in [0.29, 0.717) is 17.9 Å². The van der Waals surface area contributed by atoms with E-state index in [4.69, 9.17) is 4.74 Å². The Labute approximate surface area is 163 Å². The zero-order chi connectivity index (χ0) is 19.9. The molecule has 0 N–H and O–H groups in total. The van der Waals surface area contributed by atoms with Crippen LogP contribution in [0, 0.1) is 5.92 Å². The number of rotatable bonds is 7. The van der Waals surface area contributed by atoms with Crippen LogP contribution in [0.1, 0.15) is 22.8 Å². The van der Waals surface area contributed by atoms with E-state index in [0.717, 1.165) is 5.56 Å². The molecule has 0 bridgehead atoms. The van der Waals surface area contributed by atoms with Gasteiger partial charge in [0.05, 0.1) is 18.6 Å². The van der Waals surface area contributed by atoms with Gasteiger partial charge in [0.1, 0.15) is 0 Å². The van der Waals surface area contributed by atoms with E-state index in [-0.39, 0.29) is 18.4 Å². The van der Waals surface area contributed by atoms with E-state index in [2.05, 4.69) is 10.1 Å². The molecule has 0 aliphatic rings. The van der Waals surface area contributed by atoms with Crippen LogP contribution in [-0.4, -0.2) is 45.2 Å². The third kappa shape index (κ3) is 4.62. The van der Waals surface area contributed by atoms with Gasteiger partial charge < -0.3 is 9.64 Å². The normalized spacial score (nSPS) is 11.6. The van der Waals surface area contributed by atoms with Gasteiger partial charge in [0.15, 0.2) is 5.82 Å². The molecular weight excluding hydrogens is 356 g/mol. The first-order chi connectivity index (χ1) is 13.6. The Bertz CT molecular complexity index is 909. The van der Waals surface area contributed by atoms with Crippen LogP contribution in [0.25, 0.3) is 5.82 Å². The van der Waals surface area contributed by atoms with Gasteiger partial charge in [-0.1, -0.05) is 37.3 Å². The number of hydrogen-bond acceptors (Lipinski definition) is 5. The van der Waals surface area contributed by atoms with Crippen molar-refractivity contribution in [1.82, 2.24) is 19.7 Å². The van der Waals surface area contributed by atoms with Gasteiger partial charge in [-0.15, -0.1) is 0 Å². The number of aromatic nitrogens is 3. The maximum atomic E-state index is 13.1. The summed E-state index contributed by atoms with van der Waals surface area (Å²) < 4.78 is 6.43. The molecule has 28 heavy (non-hydrogen) atoms. The number of ether oxygens (including phenoxy) is 1. The lowest BCUT2D eigenvalue weighted by Crippen LogP contribution is -2.37. The van der Waals surface area contributed by atoms with Crippen molar-refractivity contribution in [2.24, 2.45) is 5.92 Å². The summed E-state index contributed by atoms with van der Waals surface area (Å²) in [7, 11) is 1.35. The van der Waals surface area contributed by atoms with Crippen molar-refractivity contribution in [3.63, 3.8) is 0 Å². The van der Waals surface area contributed by atoms with Crippen LogP contribution in [-0.2, 0) is 16.1 Å². The third-order valence-corrected chi connectivity index (χ3v) is 4.34. The van der Waals surface area contributed by atoms with E-state index >= 15 is 0 Å². The smallest absolute Gasteiger partial charge is 0.310 e. The summed E-state index contributed by atoms with van der Waals surface area (Å²) in [6.45, 7) is 2.39. The molecule has 0 saturated heterocycles. The molecule has 144 valence electrons. The minimum atomic E-state index is -0.436. The van der Waals surface area contributed by atoms with Gasteiger partial charge in [-0.2, -0.15) is 5.10 Å². The Morgan fingerprint density at radius 2 is 1.93 bits per heavy atom. The van der Waals surface area contributed by atoms with Gasteiger partial charge in [0, 0.05) is 31.7 Å². The van der Waals surface area contributed by atoms with Crippen molar-refractivity contribution in [3.05, 3.63) is 78.2 Å². The summed E-state index contributed by atoms with van der Waals surface area (Å²) in [6.07, 6.45) is 4.97. The fourth-order valence-corrected chi connectivity index (χ4v) is 2.86. The summed E-state index contributed by atoms with van der Waals surface area (Å²) in [5.74, 6) is -0.356. The maximum Gasteiger partial charge on any atom is 0.310 e. The average Bonchev–Trinajstić information content (AvgIpc) is 3.28. The van der Waals surface area contributed by atoms with Gasteiger partial charge >= 0.3 is 5.97 Å². The highest BCUT2D eigenvalue weighted by molar-refractivity contribution is 5.94. The number of nitrogens with zero attached hydrogens (tertiary/aromatic N) is 4. The number of methoxy groups -OCH3 is 1. The minimum absolute atomic E-state index is 0.195. The highest BCUT2D eigenvalue weighted by atomic mass is 16.5. The number of esters is 1. The molecule has 2 heterocycles. The van der Waals surface area contributed by atoms with E-state index in [1.807, 2.05) is 30.3 Å². The van der Waals surface area contributed by atoms with Crippen LogP contribution < -0.4 is 0 Å². The zero-order valence-corrected chi connectivity index (χ0v) is 15.9. The number of carbonyl (C=O) groups is 2. The molecule has 0 unspecified atom stereocenters. The van der Waals surface area contributed by atoms with Gasteiger partial charge in [0.25, 0.3) is 5.91 Å². The first-order valence-corrected chi connectivity index (χ1v) is 8.95. The van der Waals surface area contributed by atoms with Crippen molar-refractivity contribution in [2.75, 3.05) is 13.7 Å². The lowest BCUT2D eigenvalue weighted by atomic mass is 10.1. The molecule has 7 nitrogen and oxygen atoms in total. The number of amides is 1. The number of pyridine rings is 1. The average molecular weight is 378 g/mol. The molecule has 0 radical (unpaired) electrons. The number of benzene rings is 1. The van der Waals surface area contributed by atoms with E-state index in [1.54, 1.807) is 47.1 Å². The Morgan fingerprint density at radius 3 is 2.54 bits per heavy atom. The molecule has 0 aliphatic heterocycles. The summed E-state index contributed by atoms with van der Waals surface area (Å²) in [5, 5.41) is 4.13. The summed E-state index contributed by atoms with van der Waals surface area (Å²) in [5.41, 5.74) is 1.43. The standard InChI is InChI=1S/C21H22N4O3/c1-16(21(27)28-2)14-24(15-17-7-4-3-5-8-17)20(26)18-9-10-19(22-13-18)25-12-6-11-23-25/h3-13,16H,14-15H2,1-2H3/t16-/m1/s1. The van der Waals surface area contributed by atoms with Crippen molar-refractivity contribution >= 4 is 11.9 Å². The Hall–Kier alpha value is -3.48. The number of carbonyl (C=O) groups excluding carboxylic acids is 2. The van der Waals surface area contributed by atoms with E-state index < -0.39 is 5.92 Å². The molecule has 1 aromatic carbocycles. The second-order valence-electron chi connectivity index (χ2n) is 6.45. The Morgan fingerprint density at radius 1 is 1.14 bits per heavy atom. The molecule has 3 rings (SSSR count). The predicted molar refractivity (Wildman–Crippen MR) is 104 cm³/mol. The van der Waals surface area contributed by atoms with Crippen molar-refractivity contribution in [2.45, 2.75) is 13.5 Å². The molecular formula is C21H22N4O3. The van der Waals surface area contributed by atoms with Crippen LogP contribution in [0.5, 0.6) is 0 Å². The van der Waals surface area contributed by atoms with E-state index in [1.165, 1.54) is 13.3 Å². The third-order valence-electron chi connectivity index (χ3n) is 4.34. The Balaban J connectivity index is 1.81. The quantitative estimate of drug-likeness (QED) is 0.591. The monoisotopic (exact) mass is 378 g/mol. The summed E-state index contributed by atoms with van der Waals surface area (Å²) in [6, 6.07) is 14.9. The molecule has 0 spiro atoms. The number of hydrogen-bond donors (Lipinski definition) is 0. The fraction of sp³-hybridized carbons (Fsp3) is 0.238. The maximum absolute atomic E-state index is 13.1. The minimum Gasteiger partial charge on any atom is -0.469 e. The van der Waals surface area contributed by atoms with Crippen molar-refractivity contribution in [3.8, 4) is 5.82 Å². The van der Waals surface area contributed by atoms with E-state index in [9.17, 15) is 9.59 Å². The molecule has 0 saturated carbocycles. The molecule has 7 heteroatoms. The molecule has 0 aliphatic carbocycles. The van der Waals surface area contributed by atoms with Crippen LogP contribution >= 0.6 is 0 Å². The largest absolute Gasteiger partial charge is 0.469 e. The van der Waals surface area contributed by atoms with Gasteiger partial charge in [-0.3, -0.25) is 9.59 Å². The highest BCUT2D eigenvalue weighted by Crippen LogP contribution is 2.14. The molecule has 3 aromatic rings. The lowest BCUT2D eigenvalue weighted by Gasteiger charge is -2.25. The highest BCUT2D eigenvalue weighted by Gasteiger charge is 2.23. The topological polar surface area (TPSA) is 77.3 Å². The molecule has 1 atom stereocenters. The summed E-state index contributed by atoms with van der Waals surface area (Å²) in [4.78, 5) is 30.9. The second kappa shape index (κ2) is 8.94.